The van der Waals surface area contributed by atoms with Crippen LogP contribution in [0.2, 0.25) is 0 Å². The third-order valence-corrected chi connectivity index (χ3v) is 4.37. The van der Waals surface area contributed by atoms with Gasteiger partial charge in [0.25, 0.3) is 0 Å². The van der Waals surface area contributed by atoms with Crippen LogP contribution in [0.15, 0.2) is 60.9 Å². The molecule has 0 aliphatic carbocycles. The highest BCUT2D eigenvalue weighted by Crippen LogP contribution is 2.26. The monoisotopic (exact) mass is 374 g/mol. The quantitative estimate of drug-likeness (QED) is 0.429. The Bertz CT molecular complexity index is 1060. The molecule has 0 aliphatic rings. The number of hydrogen-bond acceptors (Lipinski definition) is 6. The van der Waals surface area contributed by atoms with Crippen molar-refractivity contribution in [2.75, 3.05) is 23.8 Å². The van der Waals surface area contributed by atoms with Crippen LogP contribution in [-0.4, -0.2) is 33.3 Å². The Hall–Kier alpha value is -3.61. The molecule has 2 aromatic heterocycles. The first kappa shape index (κ1) is 17.8. The van der Waals surface area contributed by atoms with Gasteiger partial charge in [-0.05, 0) is 37.1 Å². The summed E-state index contributed by atoms with van der Waals surface area (Å²) in [5, 5.41) is 15.8. The lowest BCUT2D eigenvalue weighted by Gasteiger charge is -2.11. The maximum absolute atomic E-state index is 5.62. The number of para-hydroxylation sites is 3. The molecule has 0 saturated carbocycles. The SMILES string of the molecule is CCOc1ccccc1Nc1nncc(NCCc2c[nH]c3ccccc23)n1. The fraction of sp³-hybridized carbons (Fsp3) is 0.190. The predicted molar refractivity (Wildman–Crippen MR) is 111 cm³/mol. The minimum Gasteiger partial charge on any atom is -0.492 e. The lowest BCUT2D eigenvalue weighted by molar-refractivity contribution is 0.342. The molecule has 2 aromatic carbocycles. The van der Waals surface area contributed by atoms with Gasteiger partial charge in [0.05, 0.1) is 18.5 Å². The van der Waals surface area contributed by atoms with Gasteiger partial charge in [0.1, 0.15) is 5.75 Å². The van der Waals surface area contributed by atoms with Crippen LogP contribution < -0.4 is 15.4 Å². The first-order chi connectivity index (χ1) is 13.8. The molecule has 28 heavy (non-hydrogen) atoms. The lowest BCUT2D eigenvalue weighted by atomic mass is 10.1. The van der Waals surface area contributed by atoms with E-state index in [1.165, 1.54) is 10.9 Å². The first-order valence-corrected chi connectivity index (χ1v) is 9.31. The molecule has 0 spiro atoms. The highest BCUT2D eigenvalue weighted by Gasteiger charge is 2.07. The second-order valence-corrected chi connectivity index (χ2v) is 6.26. The molecule has 4 rings (SSSR count). The van der Waals surface area contributed by atoms with Crippen LogP contribution in [0.3, 0.4) is 0 Å². The number of nitrogens with zero attached hydrogens (tertiary/aromatic N) is 3. The van der Waals surface area contributed by atoms with Crippen molar-refractivity contribution in [3.63, 3.8) is 0 Å². The Morgan fingerprint density at radius 1 is 1.07 bits per heavy atom. The van der Waals surface area contributed by atoms with Gasteiger partial charge in [-0.3, -0.25) is 0 Å². The van der Waals surface area contributed by atoms with Crippen molar-refractivity contribution in [1.82, 2.24) is 20.2 Å². The summed E-state index contributed by atoms with van der Waals surface area (Å²) in [5.74, 6) is 1.85. The molecule has 0 bridgehead atoms. The zero-order valence-electron chi connectivity index (χ0n) is 15.6. The van der Waals surface area contributed by atoms with E-state index < -0.39 is 0 Å². The summed E-state index contributed by atoms with van der Waals surface area (Å²) in [6.45, 7) is 3.29. The summed E-state index contributed by atoms with van der Waals surface area (Å²) in [6, 6.07) is 16.0. The number of ether oxygens (including phenoxy) is 1. The minimum atomic E-state index is 0.421. The van der Waals surface area contributed by atoms with Gasteiger partial charge in [-0.1, -0.05) is 30.3 Å². The summed E-state index contributed by atoms with van der Waals surface area (Å²) in [6.07, 6.45) is 4.56. The van der Waals surface area contributed by atoms with Gasteiger partial charge in [-0.15, -0.1) is 5.10 Å². The van der Waals surface area contributed by atoms with Crippen molar-refractivity contribution in [2.45, 2.75) is 13.3 Å². The van der Waals surface area contributed by atoms with E-state index in [2.05, 4.69) is 55.2 Å². The Morgan fingerprint density at radius 3 is 2.86 bits per heavy atom. The van der Waals surface area contributed by atoms with Gasteiger partial charge in [0.2, 0.25) is 5.95 Å². The van der Waals surface area contributed by atoms with Crippen molar-refractivity contribution in [1.29, 1.82) is 0 Å². The maximum atomic E-state index is 5.62. The van der Waals surface area contributed by atoms with Gasteiger partial charge in [0, 0.05) is 23.6 Å². The topological polar surface area (TPSA) is 87.8 Å². The number of hydrogen-bond donors (Lipinski definition) is 3. The smallest absolute Gasteiger partial charge is 0.249 e. The Kier molecular flexibility index (Phi) is 5.33. The number of nitrogens with one attached hydrogen (secondary N) is 3. The zero-order chi connectivity index (χ0) is 19.2. The van der Waals surface area contributed by atoms with Gasteiger partial charge in [0.15, 0.2) is 5.82 Å². The summed E-state index contributed by atoms with van der Waals surface area (Å²) in [5.41, 5.74) is 3.23. The van der Waals surface area contributed by atoms with E-state index in [0.717, 1.165) is 29.9 Å². The second-order valence-electron chi connectivity index (χ2n) is 6.26. The van der Waals surface area contributed by atoms with Crippen molar-refractivity contribution in [3.8, 4) is 5.75 Å². The van der Waals surface area contributed by atoms with Gasteiger partial charge < -0.3 is 20.4 Å². The number of anilines is 3. The van der Waals surface area contributed by atoms with Crippen LogP contribution in [0.5, 0.6) is 5.75 Å². The highest BCUT2D eigenvalue weighted by atomic mass is 16.5. The number of H-pyrrole nitrogens is 1. The average molecular weight is 374 g/mol. The van der Waals surface area contributed by atoms with Crippen LogP contribution in [-0.2, 0) is 6.42 Å². The van der Waals surface area contributed by atoms with Gasteiger partial charge in [-0.25, -0.2) is 0 Å². The van der Waals surface area contributed by atoms with Crippen molar-refractivity contribution >= 4 is 28.4 Å². The number of aromatic nitrogens is 4. The van der Waals surface area contributed by atoms with Crippen LogP contribution in [0.25, 0.3) is 10.9 Å². The molecule has 0 amide bonds. The molecule has 7 heteroatoms. The summed E-state index contributed by atoms with van der Waals surface area (Å²) in [7, 11) is 0. The molecule has 2 heterocycles. The number of aromatic amines is 1. The van der Waals surface area contributed by atoms with E-state index in [1.54, 1.807) is 6.20 Å². The third kappa shape index (κ3) is 4.03. The molecule has 0 radical (unpaired) electrons. The lowest BCUT2D eigenvalue weighted by Crippen LogP contribution is -2.09. The molecule has 3 N–H and O–H groups in total. The molecule has 142 valence electrons. The molecule has 0 saturated heterocycles. The fourth-order valence-corrected chi connectivity index (χ4v) is 3.08. The molecule has 0 aliphatic heterocycles. The molecule has 4 aromatic rings. The Morgan fingerprint density at radius 2 is 1.93 bits per heavy atom. The molecular weight excluding hydrogens is 352 g/mol. The zero-order valence-corrected chi connectivity index (χ0v) is 15.6. The largest absolute Gasteiger partial charge is 0.492 e. The van der Waals surface area contributed by atoms with E-state index >= 15 is 0 Å². The maximum Gasteiger partial charge on any atom is 0.249 e. The van der Waals surface area contributed by atoms with Crippen molar-refractivity contribution < 1.29 is 4.74 Å². The normalized spacial score (nSPS) is 10.8. The molecular formula is C21H22N6O. The third-order valence-electron chi connectivity index (χ3n) is 4.37. The fourth-order valence-electron chi connectivity index (χ4n) is 3.08. The van der Waals surface area contributed by atoms with Gasteiger partial charge in [-0.2, -0.15) is 10.1 Å². The first-order valence-electron chi connectivity index (χ1n) is 9.31. The molecule has 0 atom stereocenters. The van der Waals surface area contributed by atoms with Crippen molar-refractivity contribution in [3.05, 3.63) is 66.5 Å². The van der Waals surface area contributed by atoms with Crippen LogP contribution in [0, 0.1) is 0 Å². The van der Waals surface area contributed by atoms with E-state index in [4.69, 9.17) is 4.74 Å². The van der Waals surface area contributed by atoms with E-state index in [-0.39, 0.29) is 0 Å². The predicted octanol–water partition coefficient (Wildman–Crippen LogP) is 4.15. The Balaban J connectivity index is 1.40. The van der Waals surface area contributed by atoms with E-state index in [0.29, 0.717) is 18.4 Å². The molecule has 0 fully saturated rings. The van der Waals surface area contributed by atoms with Crippen LogP contribution in [0.4, 0.5) is 17.5 Å². The van der Waals surface area contributed by atoms with Crippen LogP contribution in [0.1, 0.15) is 12.5 Å². The number of rotatable bonds is 8. The van der Waals surface area contributed by atoms with Crippen molar-refractivity contribution in [2.24, 2.45) is 0 Å². The van der Waals surface area contributed by atoms with Crippen LogP contribution >= 0.6 is 0 Å². The number of fused-ring (bicyclic) bond motifs is 1. The average Bonchev–Trinajstić information content (AvgIpc) is 3.13. The number of benzene rings is 2. The van der Waals surface area contributed by atoms with E-state index in [9.17, 15) is 0 Å². The highest BCUT2D eigenvalue weighted by molar-refractivity contribution is 5.83. The standard InChI is InChI=1S/C21H22N6O/c1-2-28-19-10-6-5-9-18(19)25-21-26-20(14-24-27-21)22-12-11-15-13-23-17-8-4-3-7-16(15)17/h3-10,13-14,23H,2,11-12H2,1H3,(H2,22,25,26,27). The second kappa shape index (κ2) is 8.39. The Labute approximate surface area is 163 Å². The summed E-state index contributed by atoms with van der Waals surface area (Å²) < 4.78 is 5.62. The van der Waals surface area contributed by atoms with E-state index in [1.807, 2.05) is 37.3 Å². The summed E-state index contributed by atoms with van der Waals surface area (Å²) in [4.78, 5) is 7.79. The van der Waals surface area contributed by atoms with Gasteiger partial charge >= 0.3 is 0 Å². The molecule has 0 unspecified atom stereocenters. The molecule has 7 nitrogen and oxygen atoms in total. The minimum absolute atomic E-state index is 0.421. The summed E-state index contributed by atoms with van der Waals surface area (Å²) >= 11 is 0.